The normalized spacial score (nSPS) is 15.7. The lowest BCUT2D eigenvalue weighted by Gasteiger charge is -2.12. The number of methoxy groups -OCH3 is 1. The first-order valence-corrected chi connectivity index (χ1v) is 7.44. The van der Waals surface area contributed by atoms with E-state index >= 15 is 0 Å². The number of nitrogens with zero attached hydrogens (tertiary/aromatic N) is 2. The molecule has 0 radical (unpaired) electrons. The van der Waals surface area contributed by atoms with Gasteiger partial charge >= 0.3 is 0 Å². The molecule has 0 unspecified atom stereocenters. The minimum Gasteiger partial charge on any atom is -0.497 e. The van der Waals surface area contributed by atoms with Crippen molar-refractivity contribution in [2.24, 2.45) is 0 Å². The molecule has 1 aliphatic heterocycles. The van der Waals surface area contributed by atoms with Gasteiger partial charge in [0.1, 0.15) is 5.75 Å². The molecule has 1 fully saturated rings. The minimum absolute atomic E-state index is 0.856. The maximum atomic E-state index is 5.58. The Labute approximate surface area is 124 Å². The predicted molar refractivity (Wildman–Crippen MR) is 81.1 cm³/mol. The van der Waals surface area contributed by atoms with Crippen LogP contribution in [-0.4, -0.2) is 29.3 Å². The SMILES string of the molecule is COc1ccc(-n2ccn(C[NH+]3CCCC3)c2=S)cc1. The van der Waals surface area contributed by atoms with Crippen LogP contribution in [0.5, 0.6) is 5.75 Å². The van der Waals surface area contributed by atoms with Crippen LogP contribution >= 0.6 is 12.2 Å². The quantitative estimate of drug-likeness (QED) is 0.866. The second kappa shape index (κ2) is 5.81. The van der Waals surface area contributed by atoms with Crippen LogP contribution in [-0.2, 0) is 6.67 Å². The van der Waals surface area contributed by atoms with E-state index in [0.29, 0.717) is 0 Å². The first kappa shape index (κ1) is 13.4. The Morgan fingerprint density at radius 2 is 1.85 bits per heavy atom. The number of quaternary nitrogens is 1. The topological polar surface area (TPSA) is 23.5 Å². The number of likely N-dealkylation sites (tertiary alicyclic amines) is 1. The first-order chi connectivity index (χ1) is 9.78. The van der Waals surface area contributed by atoms with Crippen molar-refractivity contribution in [1.29, 1.82) is 0 Å². The van der Waals surface area contributed by atoms with E-state index in [9.17, 15) is 0 Å². The third kappa shape index (κ3) is 2.64. The van der Waals surface area contributed by atoms with Gasteiger partial charge in [-0.15, -0.1) is 0 Å². The third-order valence-electron chi connectivity index (χ3n) is 3.90. The molecule has 0 aliphatic carbocycles. The molecule has 2 aromatic rings. The Morgan fingerprint density at radius 1 is 1.15 bits per heavy atom. The Balaban J connectivity index is 1.83. The van der Waals surface area contributed by atoms with Crippen LogP contribution in [0.2, 0.25) is 0 Å². The number of imidazole rings is 1. The highest BCUT2D eigenvalue weighted by Gasteiger charge is 2.16. The Bertz CT molecular complexity index is 623. The third-order valence-corrected chi connectivity index (χ3v) is 4.33. The van der Waals surface area contributed by atoms with Crippen molar-refractivity contribution in [3.8, 4) is 11.4 Å². The van der Waals surface area contributed by atoms with Gasteiger partial charge in [-0.2, -0.15) is 0 Å². The molecule has 1 N–H and O–H groups in total. The molecule has 0 bridgehead atoms. The van der Waals surface area contributed by atoms with Crippen LogP contribution in [0.1, 0.15) is 12.8 Å². The largest absolute Gasteiger partial charge is 0.497 e. The van der Waals surface area contributed by atoms with E-state index in [4.69, 9.17) is 17.0 Å². The molecule has 106 valence electrons. The Hall–Kier alpha value is -1.59. The summed E-state index contributed by atoms with van der Waals surface area (Å²) in [6, 6.07) is 7.98. The maximum absolute atomic E-state index is 5.58. The highest BCUT2D eigenvalue weighted by atomic mass is 32.1. The summed E-state index contributed by atoms with van der Waals surface area (Å²) in [5.74, 6) is 0.862. The average Bonchev–Trinajstić information content (AvgIpc) is 3.11. The molecule has 20 heavy (non-hydrogen) atoms. The molecule has 1 saturated heterocycles. The molecule has 0 amide bonds. The molecule has 2 heterocycles. The van der Waals surface area contributed by atoms with Crippen LogP contribution in [0.4, 0.5) is 0 Å². The number of rotatable bonds is 4. The molecule has 0 saturated carbocycles. The second-order valence-electron chi connectivity index (χ2n) is 5.23. The fourth-order valence-corrected chi connectivity index (χ4v) is 3.04. The molecule has 1 aromatic heterocycles. The van der Waals surface area contributed by atoms with E-state index in [0.717, 1.165) is 22.9 Å². The highest BCUT2D eigenvalue weighted by Crippen LogP contribution is 2.15. The van der Waals surface area contributed by atoms with Crippen molar-refractivity contribution in [2.75, 3.05) is 20.2 Å². The molecule has 1 aliphatic rings. The molecule has 0 spiro atoms. The van der Waals surface area contributed by atoms with E-state index in [1.54, 1.807) is 12.0 Å². The zero-order valence-corrected chi connectivity index (χ0v) is 12.5. The summed E-state index contributed by atoms with van der Waals surface area (Å²) in [7, 11) is 1.68. The summed E-state index contributed by atoms with van der Waals surface area (Å²) in [6.07, 6.45) is 6.79. The minimum atomic E-state index is 0.856. The van der Waals surface area contributed by atoms with Crippen molar-refractivity contribution < 1.29 is 9.64 Å². The molecule has 3 rings (SSSR count). The summed E-state index contributed by atoms with van der Waals surface area (Å²) in [6.45, 7) is 3.49. The van der Waals surface area contributed by atoms with Gasteiger partial charge in [-0.1, -0.05) is 0 Å². The molecule has 5 heteroatoms. The standard InChI is InChI=1S/C15H19N3OS/c1-19-14-6-4-13(5-7-14)18-11-10-17(15(18)20)12-16-8-2-3-9-16/h4-7,10-11H,2-3,8-9,12H2,1H3/p+1. The summed E-state index contributed by atoms with van der Waals surface area (Å²) >= 11 is 5.58. The highest BCUT2D eigenvalue weighted by molar-refractivity contribution is 7.71. The van der Waals surface area contributed by atoms with Gasteiger partial charge in [-0.3, -0.25) is 9.13 Å². The number of benzene rings is 1. The van der Waals surface area contributed by atoms with Crippen LogP contribution in [0.25, 0.3) is 5.69 Å². The lowest BCUT2D eigenvalue weighted by Crippen LogP contribution is -3.09. The van der Waals surface area contributed by atoms with Gasteiger partial charge in [-0.05, 0) is 36.5 Å². The zero-order chi connectivity index (χ0) is 13.9. The van der Waals surface area contributed by atoms with E-state index in [1.807, 2.05) is 35.0 Å². The lowest BCUT2D eigenvalue weighted by atomic mass is 10.3. The van der Waals surface area contributed by atoms with Crippen molar-refractivity contribution in [2.45, 2.75) is 19.5 Å². The van der Waals surface area contributed by atoms with Crippen LogP contribution in [0, 0.1) is 4.77 Å². The summed E-state index contributed by atoms with van der Waals surface area (Å²) in [5.41, 5.74) is 1.07. The van der Waals surface area contributed by atoms with E-state index < -0.39 is 0 Å². The number of aromatic nitrogens is 2. The Morgan fingerprint density at radius 3 is 2.50 bits per heavy atom. The first-order valence-electron chi connectivity index (χ1n) is 7.04. The summed E-state index contributed by atoms with van der Waals surface area (Å²) in [5, 5.41) is 0. The van der Waals surface area contributed by atoms with Gasteiger partial charge in [0.05, 0.1) is 20.2 Å². The fraction of sp³-hybridized carbons (Fsp3) is 0.400. The van der Waals surface area contributed by atoms with Gasteiger partial charge in [0.15, 0.2) is 11.4 Å². The van der Waals surface area contributed by atoms with E-state index in [-0.39, 0.29) is 0 Å². The van der Waals surface area contributed by atoms with Gasteiger partial charge in [0.25, 0.3) is 0 Å². The molecule has 1 aromatic carbocycles. The van der Waals surface area contributed by atoms with Crippen LogP contribution in [0.3, 0.4) is 0 Å². The number of hydrogen-bond donors (Lipinski definition) is 1. The van der Waals surface area contributed by atoms with Gasteiger partial charge < -0.3 is 9.64 Å². The smallest absolute Gasteiger partial charge is 0.188 e. The number of nitrogens with one attached hydrogen (secondary N) is 1. The van der Waals surface area contributed by atoms with E-state index in [1.165, 1.54) is 25.9 Å². The lowest BCUT2D eigenvalue weighted by molar-refractivity contribution is -0.910. The second-order valence-corrected chi connectivity index (χ2v) is 5.60. The number of hydrogen-bond acceptors (Lipinski definition) is 2. The van der Waals surface area contributed by atoms with Crippen molar-refractivity contribution >= 4 is 12.2 Å². The van der Waals surface area contributed by atoms with Crippen LogP contribution < -0.4 is 9.64 Å². The predicted octanol–water partition coefficient (Wildman–Crippen LogP) is 1.65. The fourth-order valence-electron chi connectivity index (χ4n) is 2.75. The monoisotopic (exact) mass is 290 g/mol. The zero-order valence-electron chi connectivity index (χ0n) is 11.7. The average molecular weight is 290 g/mol. The maximum Gasteiger partial charge on any atom is 0.188 e. The summed E-state index contributed by atoms with van der Waals surface area (Å²) < 4.78 is 10.3. The van der Waals surface area contributed by atoms with Crippen LogP contribution in [0.15, 0.2) is 36.7 Å². The number of ether oxygens (including phenoxy) is 1. The van der Waals surface area contributed by atoms with Crippen molar-refractivity contribution in [3.63, 3.8) is 0 Å². The van der Waals surface area contributed by atoms with Crippen molar-refractivity contribution in [1.82, 2.24) is 9.13 Å². The molecular weight excluding hydrogens is 270 g/mol. The molecular formula is C15H20N3OS+. The van der Waals surface area contributed by atoms with Gasteiger partial charge in [0.2, 0.25) is 0 Å². The van der Waals surface area contributed by atoms with Gasteiger partial charge in [-0.25, -0.2) is 0 Å². The van der Waals surface area contributed by atoms with Crippen molar-refractivity contribution in [3.05, 3.63) is 41.4 Å². The summed E-state index contributed by atoms with van der Waals surface area (Å²) in [4.78, 5) is 1.62. The van der Waals surface area contributed by atoms with E-state index in [2.05, 4.69) is 10.8 Å². The van der Waals surface area contributed by atoms with Gasteiger partial charge in [0, 0.05) is 30.9 Å². The molecule has 0 atom stereocenters. The molecule has 4 nitrogen and oxygen atoms in total. The Kier molecular flexibility index (Phi) is 3.89.